The zero-order valence-electron chi connectivity index (χ0n) is 11.2. The zero-order chi connectivity index (χ0) is 13.9. The van der Waals surface area contributed by atoms with Gasteiger partial charge in [0.05, 0.1) is 5.56 Å². The summed E-state index contributed by atoms with van der Waals surface area (Å²) in [7, 11) is 0. The summed E-state index contributed by atoms with van der Waals surface area (Å²) in [4.78, 5) is 11.1. The molecular weight excluding hydrogens is 254 g/mol. The number of hydrogen-bond acceptors (Lipinski definition) is 3. The molecule has 104 valence electrons. The molecule has 1 heterocycles. The van der Waals surface area contributed by atoms with Crippen molar-refractivity contribution in [1.29, 1.82) is 0 Å². The van der Waals surface area contributed by atoms with Crippen molar-refractivity contribution in [2.75, 3.05) is 0 Å². The summed E-state index contributed by atoms with van der Waals surface area (Å²) in [6.07, 6.45) is 7.81. The van der Waals surface area contributed by atoms with Gasteiger partial charge in [0.1, 0.15) is 6.33 Å². The molecule has 1 N–H and O–H groups in total. The largest absolute Gasteiger partial charge is 0.478 e. The lowest BCUT2D eigenvalue weighted by Crippen LogP contribution is -2.13. The molecule has 20 heavy (non-hydrogen) atoms. The predicted octanol–water partition coefficient (Wildman–Crippen LogP) is 3.15. The van der Waals surface area contributed by atoms with E-state index in [0.717, 1.165) is 24.2 Å². The molecule has 0 bridgehead atoms. The fraction of sp³-hybridized carbons (Fsp3) is 0.400. The van der Waals surface area contributed by atoms with Gasteiger partial charge in [0.2, 0.25) is 0 Å². The fourth-order valence-corrected chi connectivity index (χ4v) is 2.87. The summed E-state index contributed by atoms with van der Waals surface area (Å²) >= 11 is 0. The number of carboxylic acid groups (broad SMARTS) is 1. The Labute approximate surface area is 117 Å². The predicted molar refractivity (Wildman–Crippen MR) is 74.5 cm³/mol. The molecular formula is C15H17N3O2. The van der Waals surface area contributed by atoms with E-state index in [1.165, 1.54) is 19.3 Å². The smallest absolute Gasteiger partial charge is 0.335 e. The van der Waals surface area contributed by atoms with Crippen molar-refractivity contribution < 1.29 is 9.90 Å². The van der Waals surface area contributed by atoms with E-state index in [0.29, 0.717) is 6.04 Å². The maximum Gasteiger partial charge on any atom is 0.335 e. The van der Waals surface area contributed by atoms with Gasteiger partial charge in [-0.05, 0) is 25.0 Å². The molecule has 0 saturated heterocycles. The minimum Gasteiger partial charge on any atom is -0.478 e. The Morgan fingerprint density at radius 2 is 2.05 bits per heavy atom. The van der Waals surface area contributed by atoms with Crippen molar-refractivity contribution in [3.8, 4) is 11.4 Å². The lowest BCUT2D eigenvalue weighted by atomic mass is 9.95. The second kappa shape index (κ2) is 5.45. The van der Waals surface area contributed by atoms with Crippen LogP contribution in [0.25, 0.3) is 11.4 Å². The van der Waals surface area contributed by atoms with Gasteiger partial charge in [-0.1, -0.05) is 31.4 Å². The third-order valence-corrected chi connectivity index (χ3v) is 3.91. The number of aromatic carboxylic acids is 1. The molecule has 3 rings (SSSR count). The van der Waals surface area contributed by atoms with Crippen LogP contribution in [0.3, 0.4) is 0 Å². The molecule has 5 heteroatoms. The lowest BCUT2D eigenvalue weighted by molar-refractivity contribution is 0.0697. The topological polar surface area (TPSA) is 68.0 Å². The van der Waals surface area contributed by atoms with Crippen LogP contribution in [0.4, 0.5) is 0 Å². The molecule has 5 nitrogen and oxygen atoms in total. The first-order valence-electron chi connectivity index (χ1n) is 6.99. The van der Waals surface area contributed by atoms with Gasteiger partial charge in [-0.3, -0.25) is 0 Å². The highest BCUT2D eigenvalue weighted by atomic mass is 16.4. The highest BCUT2D eigenvalue weighted by molar-refractivity contribution is 5.89. The van der Waals surface area contributed by atoms with Crippen molar-refractivity contribution in [3.05, 3.63) is 36.2 Å². The second-order valence-electron chi connectivity index (χ2n) is 5.24. The molecule has 1 saturated carbocycles. The molecule has 1 fully saturated rings. The maximum atomic E-state index is 11.1. The highest BCUT2D eigenvalue weighted by Gasteiger charge is 2.19. The number of carbonyl (C=O) groups is 1. The van der Waals surface area contributed by atoms with Crippen molar-refractivity contribution in [3.63, 3.8) is 0 Å². The van der Waals surface area contributed by atoms with Gasteiger partial charge in [0.15, 0.2) is 5.82 Å². The Balaban J connectivity index is 1.96. The molecule has 1 aromatic carbocycles. The number of aromatic nitrogens is 3. The third-order valence-electron chi connectivity index (χ3n) is 3.91. The summed E-state index contributed by atoms with van der Waals surface area (Å²) in [5.74, 6) is -0.157. The summed E-state index contributed by atoms with van der Waals surface area (Å²) in [5, 5.41) is 17.3. The average Bonchev–Trinajstić information content (AvgIpc) is 2.98. The van der Waals surface area contributed by atoms with Crippen LogP contribution >= 0.6 is 0 Å². The summed E-state index contributed by atoms with van der Waals surface area (Å²) in [5.41, 5.74) is 1.09. The van der Waals surface area contributed by atoms with E-state index < -0.39 is 5.97 Å². The van der Waals surface area contributed by atoms with E-state index >= 15 is 0 Å². The molecule has 0 aliphatic heterocycles. The summed E-state index contributed by atoms with van der Waals surface area (Å²) < 4.78 is 2.10. The quantitative estimate of drug-likeness (QED) is 0.931. The molecule has 0 radical (unpaired) electrons. The highest BCUT2D eigenvalue weighted by Crippen LogP contribution is 2.31. The van der Waals surface area contributed by atoms with Crippen LogP contribution in [0.1, 0.15) is 48.5 Å². The van der Waals surface area contributed by atoms with Crippen LogP contribution in [0.15, 0.2) is 30.6 Å². The zero-order valence-corrected chi connectivity index (χ0v) is 11.2. The molecule has 0 atom stereocenters. The molecule has 1 aliphatic carbocycles. The van der Waals surface area contributed by atoms with Gasteiger partial charge in [-0.15, -0.1) is 10.2 Å². The minimum atomic E-state index is -0.921. The van der Waals surface area contributed by atoms with Gasteiger partial charge in [-0.2, -0.15) is 0 Å². The molecule has 0 unspecified atom stereocenters. The maximum absolute atomic E-state index is 11.1. The van der Waals surface area contributed by atoms with Crippen molar-refractivity contribution in [2.45, 2.75) is 38.1 Å². The Bertz CT molecular complexity index is 615. The van der Waals surface area contributed by atoms with Gasteiger partial charge in [0, 0.05) is 11.6 Å². The average molecular weight is 271 g/mol. The Hall–Kier alpha value is -2.17. The minimum absolute atomic E-state index is 0.278. The van der Waals surface area contributed by atoms with Crippen LogP contribution in [0, 0.1) is 0 Å². The monoisotopic (exact) mass is 271 g/mol. The summed E-state index contributed by atoms with van der Waals surface area (Å²) in [6.45, 7) is 0. The molecule has 1 aromatic heterocycles. The van der Waals surface area contributed by atoms with Gasteiger partial charge < -0.3 is 9.67 Å². The van der Waals surface area contributed by atoms with Crippen LogP contribution in [0.5, 0.6) is 0 Å². The van der Waals surface area contributed by atoms with Gasteiger partial charge in [-0.25, -0.2) is 4.79 Å². The van der Waals surface area contributed by atoms with E-state index in [-0.39, 0.29) is 5.56 Å². The first kappa shape index (κ1) is 12.8. The standard InChI is InChI=1S/C15H17N3O2/c19-15(20)12-6-4-5-11(9-12)14-17-16-10-18(14)13-7-2-1-3-8-13/h4-6,9-10,13H,1-3,7-8H2,(H,19,20). The van der Waals surface area contributed by atoms with Crippen molar-refractivity contribution in [1.82, 2.24) is 14.8 Å². The molecule has 1 aliphatic rings. The van der Waals surface area contributed by atoms with Gasteiger partial charge >= 0.3 is 5.97 Å². The fourth-order valence-electron chi connectivity index (χ4n) is 2.87. The van der Waals surface area contributed by atoms with Crippen LogP contribution in [0.2, 0.25) is 0 Å². The van der Waals surface area contributed by atoms with E-state index in [1.807, 2.05) is 6.07 Å². The lowest BCUT2D eigenvalue weighted by Gasteiger charge is -2.24. The Morgan fingerprint density at radius 1 is 1.25 bits per heavy atom. The number of nitrogens with zero attached hydrogens (tertiary/aromatic N) is 3. The molecule has 0 amide bonds. The number of hydrogen-bond donors (Lipinski definition) is 1. The first-order chi connectivity index (χ1) is 9.75. The summed E-state index contributed by atoms with van der Waals surface area (Å²) in [6, 6.07) is 7.31. The second-order valence-corrected chi connectivity index (χ2v) is 5.24. The van der Waals surface area contributed by atoms with E-state index in [9.17, 15) is 4.79 Å². The van der Waals surface area contributed by atoms with E-state index in [1.54, 1.807) is 24.5 Å². The van der Waals surface area contributed by atoms with Crippen LogP contribution in [-0.4, -0.2) is 25.8 Å². The van der Waals surface area contributed by atoms with E-state index in [4.69, 9.17) is 5.11 Å². The molecule has 2 aromatic rings. The van der Waals surface area contributed by atoms with Crippen LogP contribution in [-0.2, 0) is 0 Å². The Kier molecular flexibility index (Phi) is 3.50. The molecule has 0 spiro atoms. The van der Waals surface area contributed by atoms with Crippen LogP contribution < -0.4 is 0 Å². The van der Waals surface area contributed by atoms with Crippen molar-refractivity contribution in [2.24, 2.45) is 0 Å². The number of carboxylic acids is 1. The third kappa shape index (κ3) is 2.43. The van der Waals surface area contributed by atoms with Gasteiger partial charge in [0.25, 0.3) is 0 Å². The van der Waals surface area contributed by atoms with E-state index in [2.05, 4.69) is 14.8 Å². The normalized spacial score (nSPS) is 16.2. The number of benzene rings is 1. The Morgan fingerprint density at radius 3 is 2.80 bits per heavy atom. The SMILES string of the molecule is O=C(O)c1cccc(-c2nncn2C2CCCCC2)c1. The number of rotatable bonds is 3. The first-order valence-corrected chi connectivity index (χ1v) is 6.99. The van der Waals surface area contributed by atoms with Crippen molar-refractivity contribution >= 4 is 5.97 Å².